The Morgan fingerprint density at radius 2 is 1.93 bits per heavy atom. The van der Waals surface area contributed by atoms with Crippen LogP contribution in [0.3, 0.4) is 0 Å². The Hall–Kier alpha value is -2.67. The van der Waals surface area contributed by atoms with Gasteiger partial charge in [-0.3, -0.25) is 14.6 Å². The maximum absolute atomic E-state index is 13.1. The number of anilines is 1. The minimum absolute atomic E-state index is 0.000291. The molecule has 1 fully saturated rings. The number of aromatic nitrogens is 1. The third-order valence-electron chi connectivity index (χ3n) is 5.37. The van der Waals surface area contributed by atoms with Gasteiger partial charge in [0, 0.05) is 43.3 Å². The fourth-order valence-electron chi connectivity index (χ4n) is 3.84. The third kappa shape index (κ3) is 3.67. The number of allylic oxidation sites excluding steroid dienone is 2. The molecule has 0 aromatic carbocycles. The minimum atomic E-state index is -0.830. The fraction of sp³-hybridized carbons (Fsp3) is 0.400. The van der Waals surface area contributed by atoms with E-state index in [1.165, 1.54) is 0 Å². The van der Waals surface area contributed by atoms with E-state index in [1.807, 2.05) is 22.8 Å². The van der Waals surface area contributed by atoms with E-state index in [-0.39, 0.29) is 17.7 Å². The van der Waals surface area contributed by atoms with Crippen LogP contribution in [-0.4, -0.2) is 57.6 Å². The Morgan fingerprint density at radius 3 is 2.64 bits per heavy atom. The van der Waals surface area contributed by atoms with E-state index >= 15 is 0 Å². The van der Waals surface area contributed by atoms with Gasteiger partial charge in [-0.1, -0.05) is 11.6 Å². The first kappa shape index (κ1) is 18.7. The number of hydrogen-bond acceptors (Lipinski definition) is 5. The van der Waals surface area contributed by atoms with Crippen LogP contribution in [-0.2, 0) is 9.59 Å². The number of nitrogens with one attached hydrogen (secondary N) is 1. The lowest BCUT2D eigenvalue weighted by Gasteiger charge is -2.35. The molecule has 3 aliphatic rings. The molecule has 0 bridgehead atoms. The Morgan fingerprint density at radius 1 is 1.21 bits per heavy atom. The number of nitrogens with zero attached hydrogens (tertiary/aromatic N) is 4. The number of pyridine rings is 1. The van der Waals surface area contributed by atoms with E-state index in [1.54, 1.807) is 36.8 Å². The van der Waals surface area contributed by atoms with Gasteiger partial charge in [-0.05, 0) is 44.1 Å². The van der Waals surface area contributed by atoms with Gasteiger partial charge in [0.2, 0.25) is 5.91 Å². The quantitative estimate of drug-likeness (QED) is 0.846. The number of piperidine rings is 1. The van der Waals surface area contributed by atoms with Crippen LogP contribution in [0.15, 0.2) is 52.9 Å². The molecule has 0 radical (unpaired) electrons. The Bertz CT molecular complexity index is 874. The molecule has 28 heavy (non-hydrogen) atoms. The standard InChI is InChI=1S/C20H22ClN5O2/c1-20(13-26-12-15(21)2-3-17(26)24-20)19(28)25-10-6-14(7-11-25)18(27)23-16-4-8-22-9-5-16/h2-5,8-9,12,14H,6-7,10-11,13H2,1H3,(H,22,23,27). The summed E-state index contributed by atoms with van der Waals surface area (Å²) >= 11 is 6.05. The molecule has 0 saturated carbocycles. The maximum Gasteiger partial charge on any atom is 0.252 e. The van der Waals surface area contributed by atoms with E-state index < -0.39 is 5.54 Å². The smallest absolute Gasteiger partial charge is 0.252 e. The number of amidine groups is 1. The van der Waals surface area contributed by atoms with Crippen molar-refractivity contribution < 1.29 is 9.59 Å². The molecule has 1 aromatic rings. The number of carbonyl (C=O) groups excluding carboxylic acids is 2. The fourth-order valence-corrected chi connectivity index (χ4v) is 4.02. The van der Waals surface area contributed by atoms with E-state index in [9.17, 15) is 9.59 Å². The molecule has 1 unspecified atom stereocenters. The monoisotopic (exact) mass is 399 g/mol. The second-order valence-electron chi connectivity index (χ2n) is 7.51. The molecule has 3 aliphatic heterocycles. The summed E-state index contributed by atoms with van der Waals surface area (Å²) in [4.78, 5) is 37.9. The second-order valence-corrected chi connectivity index (χ2v) is 7.95. The summed E-state index contributed by atoms with van der Waals surface area (Å²) in [6.07, 6.45) is 9.98. The predicted octanol–water partition coefficient (Wildman–Crippen LogP) is 2.38. The van der Waals surface area contributed by atoms with Crippen LogP contribution < -0.4 is 5.32 Å². The largest absolute Gasteiger partial charge is 0.340 e. The Balaban J connectivity index is 1.35. The molecule has 7 nitrogen and oxygen atoms in total. The van der Waals surface area contributed by atoms with Crippen LogP contribution in [0.5, 0.6) is 0 Å². The summed E-state index contributed by atoms with van der Waals surface area (Å²) in [6, 6.07) is 3.53. The predicted molar refractivity (Wildman–Crippen MR) is 108 cm³/mol. The van der Waals surface area contributed by atoms with Crippen LogP contribution in [0, 0.1) is 5.92 Å². The van der Waals surface area contributed by atoms with Crippen molar-refractivity contribution in [3.63, 3.8) is 0 Å². The topological polar surface area (TPSA) is 77.9 Å². The van der Waals surface area contributed by atoms with Crippen molar-refractivity contribution in [1.29, 1.82) is 0 Å². The highest BCUT2D eigenvalue weighted by atomic mass is 35.5. The van der Waals surface area contributed by atoms with Gasteiger partial charge < -0.3 is 15.1 Å². The summed E-state index contributed by atoms with van der Waals surface area (Å²) in [5, 5.41) is 3.54. The number of rotatable bonds is 3. The maximum atomic E-state index is 13.1. The summed E-state index contributed by atoms with van der Waals surface area (Å²) in [5.74, 6) is 0.649. The first-order valence-corrected chi connectivity index (χ1v) is 9.75. The van der Waals surface area contributed by atoms with Gasteiger partial charge in [0.05, 0.1) is 11.6 Å². The molecule has 1 atom stereocenters. The molecule has 8 heteroatoms. The molecular formula is C20H22ClN5O2. The highest BCUT2D eigenvalue weighted by Gasteiger charge is 2.44. The summed E-state index contributed by atoms with van der Waals surface area (Å²) in [6.45, 7) is 3.45. The molecular weight excluding hydrogens is 378 g/mol. The molecule has 1 aromatic heterocycles. The van der Waals surface area contributed by atoms with Gasteiger partial charge in [-0.2, -0.15) is 0 Å². The molecule has 0 spiro atoms. The molecule has 2 amide bonds. The summed E-state index contributed by atoms with van der Waals surface area (Å²) in [7, 11) is 0. The van der Waals surface area contributed by atoms with E-state index in [0.717, 1.165) is 11.5 Å². The number of amides is 2. The first-order chi connectivity index (χ1) is 13.4. The summed E-state index contributed by atoms with van der Waals surface area (Å²) < 4.78 is 0. The van der Waals surface area contributed by atoms with E-state index in [0.29, 0.717) is 37.5 Å². The van der Waals surface area contributed by atoms with Gasteiger partial charge >= 0.3 is 0 Å². The zero-order valence-electron chi connectivity index (χ0n) is 15.6. The van der Waals surface area contributed by atoms with Gasteiger partial charge in [-0.25, -0.2) is 4.99 Å². The zero-order chi connectivity index (χ0) is 19.7. The van der Waals surface area contributed by atoms with E-state index in [2.05, 4.69) is 15.3 Å². The number of fused-ring (bicyclic) bond motifs is 1. The molecule has 4 heterocycles. The lowest BCUT2D eigenvalue weighted by molar-refractivity contribution is -0.138. The minimum Gasteiger partial charge on any atom is -0.340 e. The van der Waals surface area contributed by atoms with Gasteiger partial charge in [0.25, 0.3) is 5.91 Å². The number of carbonyl (C=O) groups is 2. The number of halogens is 1. The van der Waals surface area contributed by atoms with Crippen LogP contribution in [0.25, 0.3) is 0 Å². The Kier molecular flexibility index (Phi) is 4.93. The highest BCUT2D eigenvalue weighted by Crippen LogP contribution is 2.29. The number of likely N-dealkylation sites (tertiary alicyclic amines) is 1. The van der Waals surface area contributed by atoms with Gasteiger partial charge in [-0.15, -0.1) is 0 Å². The number of hydrogen-bond donors (Lipinski definition) is 1. The highest BCUT2D eigenvalue weighted by molar-refractivity contribution is 6.32. The lowest BCUT2D eigenvalue weighted by Crippen LogP contribution is -2.51. The molecule has 0 aliphatic carbocycles. The van der Waals surface area contributed by atoms with Crippen molar-refractivity contribution in [1.82, 2.24) is 14.8 Å². The van der Waals surface area contributed by atoms with Crippen LogP contribution in [0.1, 0.15) is 19.8 Å². The average molecular weight is 400 g/mol. The average Bonchev–Trinajstić information content (AvgIpc) is 3.05. The van der Waals surface area contributed by atoms with Crippen LogP contribution in [0.4, 0.5) is 5.69 Å². The molecule has 1 saturated heterocycles. The van der Waals surface area contributed by atoms with Crippen LogP contribution >= 0.6 is 11.6 Å². The van der Waals surface area contributed by atoms with Crippen molar-refractivity contribution in [3.8, 4) is 0 Å². The Labute approximate surface area is 168 Å². The van der Waals surface area contributed by atoms with E-state index in [4.69, 9.17) is 11.6 Å². The normalized spacial score (nSPS) is 24.5. The SMILES string of the molecule is CC1(C(=O)N2CCC(C(=O)Nc3ccncc3)CC2)CN2C=C(Cl)C=CC2=N1. The lowest BCUT2D eigenvalue weighted by atomic mass is 9.93. The van der Waals surface area contributed by atoms with Crippen molar-refractivity contribution in [2.45, 2.75) is 25.3 Å². The van der Waals surface area contributed by atoms with Crippen molar-refractivity contribution in [2.75, 3.05) is 25.0 Å². The molecule has 146 valence electrons. The van der Waals surface area contributed by atoms with Crippen molar-refractivity contribution in [2.24, 2.45) is 10.9 Å². The molecule has 4 rings (SSSR count). The van der Waals surface area contributed by atoms with Crippen molar-refractivity contribution in [3.05, 3.63) is 47.9 Å². The van der Waals surface area contributed by atoms with Crippen molar-refractivity contribution >= 4 is 34.9 Å². The van der Waals surface area contributed by atoms with Gasteiger partial charge in [0.15, 0.2) is 5.54 Å². The summed E-state index contributed by atoms with van der Waals surface area (Å²) in [5.41, 5.74) is -0.0895. The second kappa shape index (κ2) is 7.39. The van der Waals surface area contributed by atoms with Crippen LogP contribution in [0.2, 0.25) is 0 Å². The third-order valence-corrected chi connectivity index (χ3v) is 5.59. The first-order valence-electron chi connectivity index (χ1n) is 9.37. The van der Waals surface area contributed by atoms with Gasteiger partial charge in [0.1, 0.15) is 5.84 Å². The zero-order valence-corrected chi connectivity index (χ0v) is 16.4. The molecule has 1 N–H and O–H groups in total. The number of aliphatic imine (C=N–C) groups is 1.